The summed E-state index contributed by atoms with van der Waals surface area (Å²) in [4.78, 5) is 19.4. The molecule has 1 aliphatic rings. The van der Waals surface area contributed by atoms with E-state index in [9.17, 15) is 18.0 Å². The monoisotopic (exact) mass is 392 g/mol. The number of hydrogen-bond donors (Lipinski definition) is 1. The molecule has 2 aromatic rings. The molecule has 11 heteroatoms. The number of carbonyl (C=O) groups excluding carboxylic acids is 1. The van der Waals surface area contributed by atoms with Crippen LogP contribution in [0.3, 0.4) is 0 Å². The first-order valence-corrected chi connectivity index (χ1v) is 8.45. The van der Waals surface area contributed by atoms with Gasteiger partial charge in [-0.05, 0) is 31.7 Å². The molecular formula is C17H15F3N6O2. The average molecular weight is 392 g/mol. The zero-order valence-electron chi connectivity index (χ0n) is 14.5. The fourth-order valence-electron chi connectivity index (χ4n) is 2.93. The van der Waals surface area contributed by atoms with Gasteiger partial charge < -0.3 is 10.1 Å². The second kappa shape index (κ2) is 8.16. The van der Waals surface area contributed by atoms with Gasteiger partial charge in [0.1, 0.15) is 11.8 Å². The number of nitrogens with one attached hydrogen (secondary N) is 1. The van der Waals surface area contributed by atoms with Crippen LogP contribution in [-0.4, -0.2) is 38.2 Å². The van der Waals surface area contributed by atoms with Crippen molar-refractivity contribution in [2.24, 2.45) is 0 Å². The topological polar surface area (TPSA) is 114 Å². The van der Waals surface area contributed by atoms with Crippen LogP contribution in [0.1, 0.15) is 47.6 Å². The Morgan fingerprint density at radius 3 is 2.57 bits per heavy atom. The number of aromatic nitrogens is 4. The van der Waals surface area contributed by atoms with Crippen molar-refractivity contribution in [2.75, 3.05) is 0 Å². The normalized spacial score (nSPS) is 19.5. The third-order valence-corrected chi connectivity index (χ3v) is 4.27. The molecule has 0 aromatic carbocycles. The number of hydrogen-bond acceptors (Lipinski definition) is 7. The molecule has 0 unspecified atom stereocenters. The summed E-state index contributed by atoms with van der Waals surface area (Å²) in [6.45, 7) is 0. The van der Waals surface area contributed by atoms with E-state index in [4.69, 9.17) is 10.00 Å². The third kappa shape index (κ3) is 4.70. The largest absolute Gasteiger partial charge is 0.489 e. The smallest absolute Gasteiger partial charge is 0.419 e. The van der Waals surface area contributed by atoms with Crippen LogP contribution in [0.15, 0.2) is 24.7 Å². The van der Waals surface area contributed by atoms with Crippen LogP contribution >= 0.6 is 0 Å². The Labute approximate surface area is 157 Å². The molecule has 1 saturated carbocycles. The summed E-state index contributed by atoms with van der Waals surface area (Å²) in [5, 5.41) is 18.8. The molecule has 28 heavy (non-hydrogen) atoms. The second-order valence-corrected chi connectivity index (χ2v) is 6.21. The zero-order valence-corrected chi connectivity index (χ0v) is 14.5. The SMILES string of the molecule is N#Cc1ncc(O[C@H]2CC[C@H](NC(=O)c3nccnn3)CC2)cc1C(F)(F)F. The first-order chi connectivity index (χ1) is 13.4. The number of nitriles is 1. The van der Waals surface area contributed by atoms with E-state index in [1.165, 1.54) is 18.5 Å². The molecule has 0 radical (unpaired) electrons. The van der Waals surface area contributed by atoms with E-state index in [-0.39, 0.29) is 23.7 Å². The predicted molar refractivity (Wildman–Crippen MR) is 87.9 cm³/mol. The molecule has 1 aliphatic carbocycles. The maximum Gasteiger partial charge on any atom is 0.419 e. The second-order valence-electron chi connectivity index (χ2n) is 6.21. The van der Waals surface area contributed by atoms with Gasteiger partial charge in [-0.3, -0.25) is 4.79 Å². The first kappa shape index (κ1) is 19.5. The van der Waals surface area contributed by atoms with Crippen LogP contribution in [0.2, 0.25) is 0 Å². The predicted octanol–water partition coefficient (Wildman–Crippen LogP) is 2.28. The van der Waals surface area contributed by atoms with Gasteiger partial charge in [-0.15, -0.1) is 5.10 Å². The lowest BCUT2D eigenvalue weighted by atomic mass is 9.93. The summed E-state index contributed by atoms with van der Waals surface area (Å²) in [5.74, 6) is -0.490. The number of nitrogens with zero attached hydrogens (tertiary/aromatic N) is 5. The molecule has 1 amide bonds. The van der Waals surface area contributed by atoms with Crippen molar-refractivity contribution in [2.45, 2.75) is 44.0 Å². The molecule has 2 heterocycles. The standard InChI is InChI=1S/C17H15F3N6O2/c18-17(19,20)13-7-12(9-23-14(13)8-21)28-11-3-1-10(2-4-11)25-16(27)15-22-5-6-24-26-15/h5-7,9-11H,1-4H2,(H,25,27)/t10-,11-. The summed E-state index contributed by atoms with van der Waals surface area (Å²) in [6.07, 6.45) is 1.11. The van der Waals surface area contributed by atoms with Gasteiger partial charge in [0.05, 0.1) is 24.1 Å². The quantitative estimate of drug-likeness (QED) is 0.849. The van der Waals surface area contributed by atoms with Crippen molar-refractivity contribution in [1.82, 2.24) is 25.5 Å². The highest BCUT2D eigenvalue weighted by Gasteiger charge is 2.35. The Morgan fingerprint density at radius 2 is 1.96 bits per heavy atom. The molecule has 0 spiro atoms. The minimum absolute atomic E-state index is 0.0239. The summed E-state index contributed by atoms with van der Waals surface area (Å²) < 4.78 is 44.6. The molecule has 0 atom stereocenters. The highest BCUT2D eigenvalue weighted by atomic mass is 19.4. The number of pyridine rings is 1. The number of halogens is 3. The third-order valence-electron chi connectivity index (χ3n) is 4.27. The lowest BCUT2D eigenvalue weighted by Gasteiger charge is -2.29. The molecule has 3 rings (SSSR count). The van der Waals surface area contributed by atoms with Crippen LogP contribution in [-0.2, 0) is 6.18 Å². The van der Waals surface area contributed by atoms with Gasteiger partial charge >= 0.3 is 6.18 Å². The van der Waals surface area contributed by atoms with Crippen molar-refractivity contribution in [3.05, 3.63) is 41.7 Å². The van der Waals surface area contributed by atoms with Gasteiger partial charge in [0, 0.05) is 12.2 Å². The molecular weight excluding hydrogens is 377 g/mol. The lowest BCUT2D eigenvalue weighted by molar-refractivity contribution is -0.138. The maximum atomic E-state index is 13.0. The highest BCUT2D eigenvalue weighted by molar-refractivity contribution is 5.90. The molecule has 0 bridgehead atoms. The highest BCUT2D eigenvalue weighted by Crippen LogP contribution is 2.34. The molecule has 1 fully saturated rings. The van der Waals surface area contributed by atoms with Crippen molar-refractivity contribution >= 4 is 5.91 Å². The Kier molecular flexibility index (Phi) is 5.67. The van der Waals surface area contributed by atoms with Crippen LogP contribution in [0.25, 0.3) is 0 Å². The fourth-order valence-corrected chi connectivity index (χ4v) is 2.93. The molecule has 0 aliphatic heterocycles. The van der Waals surface area contributed by atoms with Crippen molar-refractivity contribution in [3.8, 4) is 11.8 Å². The summed E-state index contributed by atoms with van der Waals surface area (Å²) in [6, 6.07) is 2.11. The van der Waals surface area contributed by atoms with Crippen LogP contribution < -0.4 is 10.1 Å². The zero-order chi connectivity index (χ0) is 20.1. The molecule has 146 valence electrons. The van der Waals surface area contributed by atoms with E-state index < -0.39 is 23.3 Å². The Morgan fingerprint density at radius 1 is 1.21 bits per heavy atom. The van der Waals surface area contributed by atoms with Crippen molar-refractivity contribution in [3.63, 3.8) is 0 Å². The fraction of sp³-hybridized carbons (Fsp3) is 0.412. The van der Waals surface area contributed by atoms with E-state index in [0.717, 1.165) is 12.3 Å². The minimum atomic E-state index is -4.69. The van der Waals surface area contributed by atoms with E-state index in [2.05, 4.69) is 25.5 Å². The number of rotatable bonds is 4. The molecule has 0 saturated heterocycles. The van der Waals surface area contributed by atoms with Crippen LogP contribution in [0.4, 0.5) is 13.2 Å². The number of amides is 1. The van der Waals surface area contributed by atoms with E-state index in [0.29, 0.717) is 25.7 Å². The van der Waals surface area contributed by atoms with Gasteiger partial charge in [-0.25, -0.2) is 9.97 Å². The lowest BCUT2D eigenvalue weighted by Crippen LogP contribution is -2.40. The first-order valence-electron chi connectivity index (χ1n) is 8.45. The Balaban J connectivity index is 1.56. The van der Waals surface area contributed by atoms with Gasteiger partial charge in [0.25, 0.3) is 5.91 Å². The van der Waals surface area contributed by atoms with Crippen molar-refractivity contribution in [1.29, 1.82) is 5.26 Å². The van der Waals surface area contributed by atoms with Gasteiger partial charge in [-0.1, -0.05) is 0 Å². The summed E-state index contributed by atoms with van der Waals surface area (Å²) in [7, 11) is 0. The molecule has 2 aromatic heterocycles. The van der Waals surface area contributed by atoms with E-state index >= 15 is 0 Å². The maximum absolute atomic E-state index is 13.0. The van der Waals surface area contributed by atoms with Crippen LogP contribution in [0.5, 0.6) is 5.75 Å². The van der Waals surface area contributed by atoms with Gasteiger partial charge in [-0.2, -0.15) is 23.5 Å². The molecule has 8 nitrogen and oxygen atoms in total. The molecule has 1 N–H and O–H groups in total. The summed E-state index contributed by atoms with van der Waals surface area (Å²) in [5.41, 5.74) is -1.81. The van der Waals surface area contributed by atoms with Crippen molar-refractivity contribution < 1.29 is 22.7 Å². The van der Waals surface area contributed by atoms with Gasteiger partial charge in [0.15, 0.2) is 5.69 Å². The minimum Gasteiger partial charge on any atom is -0.489 e. The number of carbonyl (C=O) groups is 1. The summed E-state index contributed by atoms with van der Waals surface area (Å²) >= 11 is 0. The average Bonchev–Trinajstić information content (AvgIpc) is 2.69. The Bertz CT molecular complexity index is 877. The number of ether oxygens (including phenoxy) is 1. The Hall–Kier alpha value is -3.29. The number of alkyl halides is 3. The van der Waals surface area contributed by atoms with Gasteiger partial charge in [0.2, 0.25) is 5.82 Å². The van der Waals surface area contributed by atoms with E-state index in [1.54, 1.807) is 0 Å². The van der Waals surface area contributed by atoms with E-state index in [1.807, 2.05) is 0 Å². The van der Waals surface area contributed by atoms with Crippen LogP contribution in [0, 0.1) is 11.3 Å².